The van der Waals surface area contributed by atoms with E-state index in [1.54, 1.807) is 0 Å². The summed E-state index contributed by atoms with van der Waals surface area (Å²) in [5.41, 5.74) is 0. The predicted octanol–water partition coefficient (Wildman–Crippen LogP) is 1.48. The Morgan fingerprint density at radius 3 is 3.15 bits per heavy atom. The lowest BCUT2D eigenvalue weighted by molar-refractivity contribution is 0.153. The topological polar surface area (TPSA) is 62.6 Å². The molecule has 6 heteroatoms. The third-order valence-electron chi connectivity index (χ3n) is 3.90. The molecule has 1 N–H and O–H groups in total. The van der Waals surface area contributed by atoms with Crippen LogP contribution >= 0.6 is 0 Å². The summed E-state index contributed by atoms with van der Waals surface area (Å²) in [5.74, 6) is 2.60. The van der Waals surface area contributed by atoms with Gasteiger partial charge in [0.15, 0.2) is 0 Å². The lowest BCUT2D eigenvalue weighted by Crippen LogP contribution is -2.36. The highest BCUT2D eigenvalue weighted by Crippen LogP contribution is 2.19. The van der Waals surface area contributed by atoms with E-state index in [1.165, 1.54) is 12.8 Å². The maximum atomic E-state index is 4.50. The Morgan fingerprint density at radius 1 is 1.45 bits per heavy atom. The molecule has 1 aliphatic rings. The zero-order valence-corrected chi connectivity index (χ0v) is 12.0. The number of aromatic amines is 1. The molecular weight excluding hydrogens is 252 g/mol. The van der Waals surface area contributed by atoms with E-state index in [2.05, 4.69) is 36.6 Å². The number of hydrogen-bond acceptors (Lipinski definition) is 4. The van der Waals surface area contributed by atoms with Gasteiger partial charge in [-0.25, -0.2) is 9.97 Å². The molecule has 6 nitrogen and oxygen atoms in total. The zero-order valence-electron chi connectivity index (χ0n) is 12.0. The van der Waals surface area contributed by atoms with Crippen molar-refractivity contribution < 1.29 is 0 Å². The number of nitrogens with zero attached hydrogens (tertiary/aromatic N) is 5. The van der Waals surface area contributed by atoms with E-state index < -0.39 is 0 Å². The molecule has 0 radical (unpaired) electrons. The summed E-state index contributed by atoms with van der Waals surface area (Å²) in [6.45, 7) is 6.30. The van der Waals surface area contributed by atoms with Crippen molar-refractivity contribution in [2.24, 2.45) is 5.92 Å². The predicted molar refractivity (Wildman–Crippen MR) is 76.0 cm³/mol. The second-order valence-electron chi connectivity index (χ2n) is 5.55. The Hall–Kier alpha value is -1.69. The van der Waals surface area contributed by atoms with Gasteiger partial charge in [-0.05, 0) is 25.3 Å². The molecule has 3 heterocycles. The fourth-order valence-corrected chi connectivity index (χ4v) is 2.91. The largest absolute Gasteiger partial charge is 0.337 e. The van der Waals surface area contributed by atoms with E-state index in [-0.39, 0.29) is 0 Å². The van der Waals surface area contributed by atoms with Crippen LogP contribution < -0.4 is 0 Å². The summed E-state index contributed by atoms with van der Waals surface area (Å²) < 4.78 is 2.18. The number of imidazole rings is 1. The van der Waals surface area contributed by atoms with Gasteiger partial charge >= 0.3 is 0 Å². The first kappa shape index (κ1) is 13.3. The Kier molecular flexibility index (Phi) is 4.11. The van der Waals surface area contributed by atoms with Crippen molar-refractivity contribution in [1.82, 2.24) is 29.6 Å². The Balaban J connectivity index is 1.54. The van der Waals surface area contributed by atoms with Crippen LogP contribution in [0.15, 0.2) is 18.7 Å². The van der Waals surface area contributed by atoms with Gasteiger partial charge in [0.2, 0.25) is 0 Å². The number of aromatic nitrogens is 5. The molecule has 1 saturated heterocycles. The van der Waals surface area contributed by atoms with Crippen molar-refractivity contribution in [1.29, 1.82) is 0 Å². The highest BCUT2D eigenvalue weighted by atomic mass is 15.3. The van der Waals surface area contributed by atoms with Gasteiger partial charge in [-0.2, -0.15) is 5.10 Å². The van der Waals surface area contributed by atoms with Crippen LogP contribution in [-0.2, 0) is 19.5 Å². The van der Waals surface area contributed by atoms with Gasteiger partial charge in [-0.1, -0.05) is 6.92 Å². The van der Waals surface area contributed by atoms with E-state index in [0.29, 0.717) is 5.92 Å². The number of piperidine rings is 1. The fourth-order valence-electron chi connectivity index (χ4n) is 2.91. The molecule has 108 valence electrons. The van der Waals surface area contributed by atoms with Crippen LogP contribution in [0.5, 0.6) is 0 Å². The molecule has 1 fully saturated rings. The molecule has 1 atom stereocenters. The molecule has 0 amide bonds. The number of aryl methyl sites for hydroxylation is 1. The Bertz CT molecular complexity index is 518. The average Bonchev–Trinajstić information content (AvgIpc) is 3.11. The van der Waals surface area contributed by atoms with Crippen LogP contribution in [0.1, 0.15) is 31.4 Å². The minimum atomic E-state index is 0.700. The van der Waals surface area contributed by atoms with E-state index in [1.807, 2.05) is 18.7 Å². The summed E-state index contributed by atoms with van der Waals surface area (Å²) in [4.78, 5) is 11.1. The number of rotatable bonds is 5. The summed E-state index contributed by atoms with van der Waals surface area (Å²) >= 11 is 0. The minimum Gasteiger partial charge on any atom is -0.337 e. The standard InChI is InChI=1S/C14H22N6/c1-2-13-16-14(18-17-13)10-19-6-3-4-12(8-19)9-20-7-5-15-11-20/h5,7,11-12H,2-4,6,8-10H2,1H3,(H,16,17,18). The molecule has 0 aromatic carbocycles. The van der Waals surface area contributed by atoms with Gasteiger partial charge in [0.05, 0.1) is 12.9 Å². The highest BCUT2D eigenvalue weighted by Gasteiger charge is 2.21. The molecule has 0 spiro atoms. The molecule has 1 unspecified atom stereocenters. The molecule has 20 heavy (non-hydrogen) atoms. The highest BCUT2D eigenvalue weighted by molar-refractivity contribution is 4.90. The van der Waals surface area contributed by atoms with Crippen LogP contribution in [0.25, 0.3) is 0 Å². The second-order valence-corrected chi connectivity index (χ2v) is 5.55. The van der Waals surface area contributed by atoms with E-state index in [9.17, 15) is 0 Å². The van der Waals surface area contributed by atoms with Crippen LogP contribution in [0.3, 0.4) is 0 Å². The van der Waals surface area contributed by atoms with Gasteiger partial charge in [0.1, 0.15) is 11.6 Å². The van der Waals surface area contributed by atoms with Gasteiger partial charge in [-0.15, -0.1) is 0 Å². The molecule has 2 aromatic heterocycles. The van der Waals surface area contributed by atoms with Crippen molar-refractivity contribution in [3.05, 3.63) is 30.4 Å². The normalized spacial score (nSPS) is 20.4. The van der Waals surface area contributed by atoms with Crippen molar-refractivity contribution in [3.63, 3.8) is 0 Å². The first-order chi connectivity index (χ1) is 9.83. The van der Waals surface area contributed by atoms with Gasteiger partial charge in [0.25, 0.3) is 0 Å². The van der Waals surface area contributed by atoms with Crippen molar-refractivity contribution >= 4 is 0 Å². The van der Waals surface area contributed by atoms with Crippen LogP contribution in [-0.4, -0.2) is 42.7 Å². The summed E-state index contributed by atoms with van der Waals surface area (Å²) in [6.07, 6.45) is 9.24. The first-order valence-electron chi connectivity index (χ1n) is 7.41. The number of nitrogens with one attached hydrogen (secondary N) is 1. The van der Waals surface area contributed by atoms with Gasteiger partial charge in [-0.3, -0.25) is 10.00 Å². The van der Waals surface area contributed by atoms with Crippen molar-refractivity contribution in [2.75, 3.05) is 13.1 Å². The third-order valence-corrected chi connectivity index (χ3v) is 3.90. The smallest absolute Gasteiger partial charge is 0.150 e. The van der Waals surface area contributed by atoms with E-state index in [4.69, 9.17) is 0 Å². The number of H-pyrrole nitrogens is 1. The van der Waals surface area contributed by atoms with E-state index >= 15 is 0 Å². The lowest BCUT2D eigenvalue weighted by Gasteiger charge is -2.32. The average molecular weight is 274 g/mol. The maximum absolute atomic E-state index is 4.50. The molecular formula is C14H22N6. The number of likely N-dealkylation sites (tertiary alicyclic amines) is 1. The minimum absolute atomic E-state index is 0.700. The summed E-state index contributed by atoms with van der Waals surface area (Å²) in [7, 11) is 0. The van der Waals surface area contributed by atoms with Crippen molar-refractivity contribution in [2.45, 2.75) is 39.3 Å². The molecule has 0 aliphatic carbocycles. The summed E-state index contributed by atoms with van der Waals surface area (Å²) in [5, 5.41) is 7.25. The fraction of sp³-hybridized carbons (Fsp3) is 0.643. The number of hydrogen-bond donors (Lipinski definition) is 1. The summed E-state index contributed by atoms with van der Waals surface area (Å²) in [6, 6.07) is 0. The van der Waals surface area contributed by atoms with Crippen LogP contribution in [0, 0.1) is 5.92 Å². The third kappa shape index (κ3) is 3.25. The monoisotopic (exact) mass is 274 g/mol. The second kappa shape index (κ2) is 6.17. The molecule has 2 aromatic rings. The quantitative estimate of drug-likeness (QED) is 0.897. The Morgan fingerprint density at radius 2 is 2.40 bits per heavy atom. The van der Waals surface area contributed by atoms with Crippen LogP contribution in [0.4, 0.5) is 0 Å². The molecule has 0 bridgehead atoms. The van der Waals surface area contributed by atoms with Gasteiger partial charge in [0, 0.05) is 31.9 Å². The molecule has 0 saturated carbocycles. The SMILES string of the molecule is CCc1n[nH]c(CN2CCCC(Cn3ccnc3)C2)n1. The van der Waals surface area contributed by atoms with Crippen molar-refractivity contribution in [3.8, 4) is 0 Å². The van der Waals surface area contributed by atoms with E-state index in [0.717, 1.165) is 44.2 Å². The van der Waals surface area contributed by atoms with Crippen LogP contribution in [0.2, 0.25) is 0 Å². The Labute approximate surface area is 119 Å². The molecule has 3 rings (SSSR count). The van der Waals surface area contributed by atoms with Gasteiger partial charge < -0.3 is 4.57 Å². The maximum Gasteiger partial charge on any atom is 0.150 e. The molecule has 1 aliphatic heterocycles. The zero-order chi connectivity index (χ0) is 13.8. The first-order valence-corrected chi connectivity index (χ1v) is 7.41. The lowest BCUT2D eigenvalue weighted by atomic mass is 9.98.